The van der Waals surface area contributed by atoms with Crippen LogP contribution in [0.5, 0.6) is 0 Å². The molecule has 90 valence electrons. The maximum atomic E-state index is 11.9. The van der Waals surface area contributed by atoms with Gasteiger partial charge in [0.1, 0.15) is 11.4 Å². The Hall–Kier alpha value is -1.82. The normalized spacial score (nSPS) is 12.3. The smallest absolute Gasteiger partial charge is 0.257 e. The first-order valence-electron chi connectivity index (χ1n) is 5.35. The SMILES string of the molecule is CCC(NC(=O)c1cn[nH]c1N)c1cccs1. The Kier molecular flexibility index (Phi) is 3.43. The minimum Gasteiger partial charge on any atom is -0.383 e. The average molecular weight is 250 g/mol. The van der Waals surface area contributed by atoms with Crippen molar-refractivity contribution in [1.29, 1.82) is 0 Å². The zero-order chi connectivity index (χ0) is 12.3. The zero-order valence-corrected chi connectivity index (χ0v) is 10.3. The van der Waals surface area contributed by atoms with Crippen LogP contribution in [0, 0.1) is 0 Å². The van der Waals surface area contributed by atoms with Crippen molar-refractivity contribution in [2.45, 2.75) is 19.4 Å². The Bertz CT molecular complexity index is 491. The van der Waals surface area contributed by atoms with Gasteiger partial charge in [-0.25, -0.2) is 0 Å². The molecule has 0 bridgehead atoms. The number of hydrogen-bond donors (Lipinski definition) is 3. The lowest BCUT2D eigenvalue weighted by atomic mass is 10.1. The van der Waals surface area contributed by atoms with Crippen molar-refractivity contribution in [3.8, 4) is 0 Å². The first kappa shape index (κ1) is 11.7. The fraction of sp³-hybridized carbons (Fsp3) is 0.273. The summed E-state index contributed by atoms with van der Waals surface area (Å²) in [6.07, 6.45) is 2.27. The van der Waals surface area contributed by atoms with Crippen molar-refractivity contribution in [2.75, 3.05) is 5.73 Å². The molecule has 0 spiro atoms. The molecule has 17 heavy (non-hydrogen) atoms. The van der Waals surface area contributed by atoms with Crippen molar-refractivity contribution in [1.82, 2.24) is 15.5 Å². The zero-order valence-electron chi connectivity index (χ0n) is 9.43. The van der Waals surface area contributed by atoms with Gasteiger partial charge in [0.05, 0.1) is 12.2 Å². The van der Waals surface area contributed by atoms with E-state index < -0.39 is 0 Å². The first-order chi connectivity index (χ1) is 8.22. The van der Waals surface area contributed by atoms with E-state index >= 15 is 0 Å². The summed E-state index contributed by atoms with van der Waals surface area (Å²) in [6.45, 7) is 2.03. The van der Waals surface area contributed by atoms with Gasteiger partial charge >= 0.3 is 0 Å². The number of carbonyl (C=O) groups is 1. The summed E-state index contributed by atoms with van der Waals surface area (Å²) in [4.78, 5) is 13.1. The lowest BCUT2D eigenvalue weighted by molar-refractivity contribution is 0.0937. The van der Waals surface area contributed by atoms with Crippen LogP contribution >= 0.6 is 11.3 Å². The molecule has 0 aliphatic heterocycles. The predicted molar refractivity (Wildman–Crippen MR) is 67.8 cm³/mol. The summed E-state index contributed by atoms with van der Waals surface area (Å²) >= 11 is 1.63. The quantitative estimate of drug-likeness (QED) is 0.775. The molecule has 2 heterocycles. The highest BCUT2D eigenvalue weighted by molar-refractivity contribution is 7.10. The van der Waals surface area contributed by atoms with E-state index in [1.807, 2.05) is 24.4 Å². The van der Waals surface area contributed by atoms with E-state index in [4.69, 9.17) is 5.73 Å². The van der Waals surface area contributed by atoms with Crippen molar-refractivity contribution >= 4 is 23.1 Å². The number of H-pyrrole nitrogens is 1. The monoisotopic (exact) mass is 250 g/mol. The third-order valence-corrected chi connectivity index (χ3v) is 3.50. The molecule has 2 aromatic rings. The molecule has 5 nitrogen and oxygen atoms in total. The van der Waals surface area contributed by atoms with Crippen molar-refractivity contribution in [3.63, 3.8) is 0 Å². The van der Waals surface area contributed by atoms with E-state index in [1.54, 1.807) is 11.3 Å². The lowest BCUT2D eigenvalue weighted by Gasteiger charge is -2.14. The highest BCUT2D eigenvalue weighted by Crippen LogP contribution is 2.22. The summed E-state index contributed by atoms with van der Waals surface area (Å²) in [5.74, 6) is 0.0973. The number of thiophene rings is 1. The number of amides is 1. The summed E-state index contributed by atoms with van der Waals surface area (Å²) in [5, 5.41) is 11.2. The van der Waals surface area contributed by atoms with Crippen LogP contribution in [0.2, 0.25) is 0 Å². The second kappa shape index (κ2) is 5.01. The van der Waals surface area contributed by atoms with Crippen LogP contribution in [0.1, 0.15) is 34.6 Å². The molecule has 0 fully saturated rings. The van der Waals surface area contributed by atoms with Gasteiger partial charge < -0.3 is 11.1 Å². The highest BCUT2D eigenvalue weighted by Gasteiger charge is 2.17. The Morgan fingerprint density at radius 1 is 1.71 bits per heavy atom. The Labute approximate surface area is 103 Å². The number of nitrogen functional groups attached to an aromatic ring is 1. The van der Waals surface area contributed by atoms with E-state index in [-0.39, 0.29) is 11.9 Å². The maximum absolute atomic E-state index is 11.9. The summed E-state index contributed by atoms with van der Waals surface area (Å²) in [6, 6.07) is 4.01. The standard InChI is InChI=1S/C11H14N4OS/c1-2-8(9-4-3-5-17-9)14-11(16)7-6-13-15-10(7)12/h3-6,8H,2H2,1H3,(H,14,16)(H3,12,13,15). The molecule has 0 saturated heterocycles. The third-order valence-electron chi connectivity index (χ3n) is 2.51. The van der Waals surface area contributed by atoms with Crippen LogP contribution in [0.4, 0.5) is 5.82 Å². The van der Waals surface area contributed by atoms with Crippen molar-refractivity contribution in [3.05, 3.63) is 34.2 Å². The number of carbonyl (C=O) groups excluding carboxylic acids is 1. The molecule has 0 radical (unpaired) electrons. The van der Waals surface area contributed by atoms with Crippen LogP contribution in [0.3, 0.4) is 0 Å². The minimum atomic E-state index is -0.198. The van der Waals surface area contributed by atoms with Gasteiger partial charge in [-0.05, 0) is 17.9 Å². The fourth-order valence-corrected chi connectivity index (χ4v) is 2.44. The van der Waals surface area contributed by atoms with Crippen LogP contribution in [0.15, 0.2) is 23.7 Å². The number of hydrogen-bond acceptors (Lipinski definition) is 4. The summed E-state index contributed by atoms with van der Waals surface area (Å²) < 4.78 is 0. The van der Waals surface area contributed by atoms with Gasteiger partial charge in [-0.15, -0.1) is 11.3 Å². The van der Waals surface area contributed by atoms with E-state index in [9.17, 15) is 4.79 Å². The molecule has 0 aliphatic rings. The number of aromatic amines is 1. The van der Waals surface area contributed by atoms with E-state index in [0.717, 1.165) is 11.3 Å². The van der Waals surface area contributed by atoms with Gasteiger partial charge in [0.2, 0.25) is 0 Å². The number of aromatic nitrogens is 2. The first-order valence-corrected chi connectivity index (χ1v) is 6.23. The van der Waals surface area contributed by atoms with E-state index in [1.165, 1.54) is 6.20 Å². The van der Waals surface area contributed by atoms with Gasteiger partial charge in [-0.3, -0.25) is 9.89 Å². The molecule has 6 heteroatoms. The Morgan fingerprint density at radius 3 is 3.06 bits per heavy atom. The number of anilines is 1. The number of nitrogens with two attached hydrogens (primary N) is 1. The second-order valence-corrected chi connectivity index (χ2v) is 4.63. The molecule has 1 unspecified atom stereocenters. The van der Waals surface area contributed by atoms with Gasteiger partial charge in [0.25, 0.3) is 5.91 Å². The molecular formula is C11H14N4OS. The van der Waals surface area contributed by atoms with Crippen LogP contribution in [-0.2, 0) is 0 Å². The summed E-state index contributed by atoms with van der Waals surface area (Å²) in [7, 11) is 0. The van der Waals surface area contributed by atoms with Gasteiger partial charge in [-0.2, -0.15) is 5.10 Å². The largest absolute Gasteiger partial charge is 0.383 e. The molecule has 0 saturated carbocycles. The maximum Gasteiger partial charge on any atom is 0.257 e. The Balaban J connectivity index is 2.10. The van der Waals surface area contributed by atoms with Crippen molar-refractivity contribution < 1.29 is 4.79 Å². The average Bonchev–Trinajstić information content (AvgIpc) is 2.96. The number of rotatable bonds is 4. The third kappa shape index (κ3) is 2.47. The Morgan fingerprint density at radius 2 is 2.53 bits per heavy atom. The molecule has 4 N–H and O–H groups in total. The van der Waals surface area contributed by atoms with Gasteiger partial charge in [0, 0.05) is 4.88 Å². The van der Waals surface area contributed by atoms with Crippen LogP contribution in [-0.4, -0.2) is 16.1 Å². The molecule has 2 rings (SSSR count). The van der Waals surface area contributed by atoms with Gasteiger partial charge in [-0.1, -0.05) is 13.0 Å². The highest BCUT2D eigenvalue weighted by atomic mass is 32.1. The summed E-state index contributed by atoms with van der Waals surface area (Å²) in [5.41, 5.74) is 5.99. The molecule has 1 atom stereocenters. The number of nitrogens with one attached hydrogen (secondary N) is 2. The predicted octanol–water partition coefficient (Wildman–Crippen LogP) is 1.93. The van der Waals surface area contributed by atoms with Gasteiger partial charge in [0.15, 0.2) is 0 Å². The molecular weight excluding hydrogens is 236 g/mol. The molecule has 2 aromatic heterocycles. The lowest BCUT2D eigenvalue weighted by Crippen LogP contribution is -2.27. The molecule has 0 aromatic carbocycles. The minimum absolute atomic E-state index is 0.0248. The number of nitrogens with zero attached hydrogens (tertiary/aromatic N) is 1. The second-order valence-electron chi connectivity index (χ2n) is 3.65. The topological polar surface area (TPSA) is 83.8 Å². The fourth-order valence-electron chi connectivity index (χ4n) is 1.58. The van der Waals surface area contributed by atoms with Crippen molar-refractivity contribution in [2.24, 2.45) is 0 Å². The van der Waals surface area contributed by atoms with E-state index in [2.05, 4.69) is 15.5 Å². The molecule has 1 amide bonds. The van der Waals surface area contributed by atoms with E-state index in [0.29, 0.717) is 11.4 Å². The molecule has 0 aliphatic carbocycles. The van der Waals surface area contributed by atoms with Crippen LogP contribution in [0.25, 0.3) is 0 Å². The van der Waals surface area contributed by atoms with Crippen LogP contribution < -0.4 is 11.1 Å².